The molecular formula is C17H32O2Si. The molecule has 0 heterocycles. The normalized spacial score (nSPS) is 16.5. The van der Waals surface area contributed by atoms with Crippen molar-refractivity contribution in [2.75, 3.05) is 14.2 Å². The summed E-state index contributed by atoms with van der Waals surface area (Å²) in [5.41, 5.74) is 2.03. The Labute approximate surface area is 126 Å². The third-order valence-corrected chi connectivity index (χ3v) is 8.14. The summed E-state index contributed by atoms with van der Waals surface area (Å²) in [4.78, 5) is 0. The molecule has 0 bridgehead atoms. The lowest BCUT2D eigenvalue weighted by atomic mass is 10.0. The smallest absolute Gasteiger partial charge is 0.337 e. The molecule has 0 amide bonds. The van der Waals surface area contributed by atoms with E-state index < -0.39 is 8.56 Å². The predicted molar refractivity (Wildman–Crippen MR) is 89.2 cm³/mol. The summed E-state index contributed by atoms with van der Waals surface area (Å²) in [5, 5.41) is 0. The van der Waals surface area contributed by atoms with Gasteiger partial charge in [-0.3, -0.25) is 0 Å². The molecule has 0 saturated carbocycles. The van der Waals surface area contributed by atoms with Crippen LogP contribution < -0.4 is 0 Å². The molecule has 0 aromatic heterocycles. The van der Waals surface area contributed by atoms with Crippen molar-refractivity contribution in [2.45, 2.75) is 70.4 Å². The van der Waals surface area contributed by atoms with Crippen LogP contribution in [-0.4, -0.2) is 22.8 Å². The van der Waals surface area contributed by atoms with Gasteiger partial charge in [-0.1, -0.05) is 62.8 Å². The van der Waals surface area contributed by atoms with Gasteiger partial charge in [0.2, 0.25) is 0 Å². The SMILES string of the molecule is CCCCCCCC(CC1=CCC=C1)[Si](C)(OC)OC. The highest BCUT2D eigenvalue weighted by molar-refractivity contribution is 6.67. The molecule has 1 atom stereocenters. The predicted octanol–water partition coefficient (Wildman–Crippen LogP) is 5.36. The molecule has 0 saturated heterocycles. The second-order valence-electron chi connectivity index (χ2n) is 5.95. The molecule has 0 radical (unpaired) electrons. The van der Waals surface area contributed by atoms with E-state index in [4.69, 9.17) is 8.85 Å². The zero-order chi connectivity index (χ0) is 14.8. The van der Waals surface area contributed by atoms with Crippen molar-refractivity contribution in [3.05, 3.63) is 23.8 Å². The van der Waals surface area contributed by atoms with E-state index in [1.54, 1.807) is 0 Å². The van der Waals surface area contributed by atoms with Crippen LogP contribution in [0.5, 0.6) is 0 Å². The van der Waals surface area contributed by atoms with Crippen molar-refractivity contribution in [3.63, 3.8) is 0 Å². The van der Waals surface area contributed by atoms with Crippen molar-refractivity contribution >= 4 is 8.56 Å². The molecule has 0 fully saturated rings. The van der Waals surface area contributed by atoms with E-state index in [1.807, 2.05) is 14.2 Å². The lowest BCUT2D eigenvalue weighted by molar-refractivity contribution is 0.232. The second kappa shape index (κ2) is 9.53. The molecular weight excluding hydrogens is 264 g/mol. The van der Waals surface area contributed by atoms with Crippen LogP contribution in [0.4, 0.5) is 0 Å². The maximum Gasteiger partial charge on any atom is 0.337 e. The molecule has 2 nitrogen and oxygen atoms in total. The first-order valence-corrected chi connectivity index (χ1v) is 10.5. The van der Waals surface area contributed by atoms with Crippen LogP contribution in [0.1, 0.15) is 58.3 Å². The Morgan fingerprint density at radius 3 is 2.40 bits per heavy atom. The zero-order valence-electron chi connectivity index (χ0n) is 13.8. The van der Waals surface area contributed by atoms with Crippen LogP contribution in [0.3, 0.4) is 0 Å². The first-order chi connectivity index (χ1) is 9.66. The maximum atomic E-state index is 5.80. The van der Waals surface area contributed by atoms with E-state index in [2.05, 4.69) is 31.7 Å². The van der Waals surface area contributed by atoms with Gasteiger partial charge in [-0.25, -0.2) is 0 Å². The second-order valence-corrected chi connectivity index (χ2v) is 9.61. The van der Waals surface area contributed by atoms with E-state index in [0.29, 0.717) is 5.54 Å². The van der Waals surface area contributed by atoms with Gasteiger partial charge in [-0.05, 0) is 25.8 Å². The molecule has 0 N–H and O–H groups in total. The summed E-state index contributed by atoms with van der Waals surface area (Å²) < 4.78 is 11.6. The van der Waals surface area contributed by atoms with Crippen molar-refractivity contribution in [1.82, 2.24) is 0 Å². The summed E-state index contributed by atoms with van der Waals surface area (Å²) in [6, 6.07) is 0. The Kier molecular flexibility index (Phi) is 8.42. The van der Waals surface area contributed by atoms with Crippen LogP contribution in [0.25, 0.3) is 0 Å². The molecule has 0 spiro atoms. The van der Waals surface area contributed by atoms with Crippen LogP contribution in [0.2, 0.25) is 12.1 Å². The number of unbranched alkanes of at least 4 members (excludes halogenated alkanes) is 4. The fourth-order valence-corrected chi connectivity index (χ4v) is 5.07. The Hall–Kier alpha value is -0.383. The summed E-state index contributed by atoms with van der Waals surface area (Å²) in [7, 11) is 1.60. The maximum absolute atomic E-state index is 5.80. The van der Waals surface area contributed by atoms with E-state index in [9.17, 15) is 0 Å². The highest BCUT2D eigenvalue weighted by Crippen LogP contribution is 2.36. The monoisotopic (exact) mass is 296 g/mol. The molecule has 116 valence electrons. The van der Waals surface area contributed by atoms with E-state index in [0.717, 1.165) is 12.8 Å². The largest absolute Gasteiger partial charge is 0.398 e. The van der Waals surface area contributed by atoms with Gasteiger partial charge in [0.05, 0.1) is 0 Å². The first kappa shape index (κ1) is 17.7. The molecule has 0 aromatic carbocycles. The topological polar surface area (TPSA) is 18.5 Å². The van der Waals surface area contributed by atoms with E-state index in [1.165, 1.54) is 44.1 Å². The van der Waals surface area contributed by atoms with Gasteiger partial charge in [0.15, 0.2) is 0 Å². The summed E-state index contributed by atoms with van der Waals surface area (Å²) in [6.07, 6.45) is 17.0. The lowest BCUT2D eigenvalue weighted by Crippen LogP contribution is -2.42. The third kappa shape index (κ3) is 5.55. The minimum absolute atomic E-state index is 0.563. The fourth-order valence-electron chi connectivity index (χ4n) is 2.90. The van der Waals surface area contributed by atoms with E-state index >= 15 is 0 Å². The van der Waals surface area contributed by atoms with Gasteiger partial charge in [-0.15, -0.1) is 0 Å². The molecule has 1 rings (SSSR count). The standard InChI is InChI=1S/C17H32O2Si/c1-5-6-7-8-9-14-17(20(4,18-2)19-3)15-16-12-10-11-13-16/h10,12-13,17H,5-9,11,14-15H2,1-4H3. The van der Waals surface area contributed by atoms with Crippen molar-refractivity contribution in [2.24, 2.45) is 0 Å². The van der Waals surface area contributed by atoms with Gasteiger partial charge in [0.25, 0.3) is 0 Å². The quantitative estimate of drug-likeness (QED) is 0.377. The third-order valence-electron chi connectivity index (χ3n) is 4.54. The number of hydrogen-bond donors (Lipinski definition) is 0. The van der Waals surface area contributed by atoms with Crippen molar-refractivity contribution in [1.29, 1.82) is 0 Å². The van der Waals surface area contributed by atoms with Crippen LogP contribution in [-0.2, 0) is 8.85 Å². The molecule has 20 heavy (non-hydrogen) atoms. The summed E-state index contributed by atoms with van der Waals surface area (Å²) in [6.45, 7) is 4.48. The fraction of sp³-hybridized carbons (Fsp3) is 0.765. The summed E-state index contributed by atoms with van der Waals surface area (Å²) >= 11 is 0. The van der Waals surface area contributed by atoms with Gasteiger partial charge in [0.1, 0.15) is 0 Å². The summed E-state index contributed by atoms with van der Waals surface area (Å²) in [5.74, 6) is 0. The van der Waals surface area contributed by atoms with Gasteiger partial charge in [0, 0.05) is 19.8 Å². The molecule has 0 aliphatic heterocycles. The number of rotatable bonds is 11. The average Bonchev–Trinajstić information content (AvgIpc) is 2.98. The van der Waals surface area contributed by atoms with E-state index in [-0.39, 0.29) is 0 Å². The van der Waals surface area contributed by atoms with Gasteiger partial charge in [-0.2, -0.15) is 0 Å². The zero-order valence-corrected chi connectivity index (χ0v) is 14.8. The van der Waals surface area contributed by atoms with Crippen molar-refractivity contribution < 1.29 is 8.85 Å². The minimum Gasteiger partial charge on any atom is -0.398 e. The average molecular weight is 297 g/mol. The highest BCUT2D eigenvalue weighted by Gasteiger charge is 2.39. The molecule has 1 aliphatic carbocycles. The molecule has 3 heteroatoms. The Morgan fingerprint density at radius 2 is 1.85 bits per heavy atom. The molecule has 0 aromatic rings. The highest BCUT2D eigenvalue weighted by atomic mass is 28.4. The lowest BCUT2D eigenvalue weighted by Gasteiger charge is -2.32. The Bertz CT molecular complexity index is 319. The molecule has 1 aliphatic rings. The van der Waals surface area contributed by atoms with Crippen LogP contribution in [0, 0.1) is 0 Å². The number of allylic oxidation sites excluding steroid dienone is 4. The van der Waals surface area contributed by atoms with Gasteiger partial charge < -0.3 is 8.85 Å². The van der Waals surface area contributed by atoms with Crippen LogP contribution >= 0.6 is 0 Å². The Morgan fingerprint density at radius 1 is 1.15 bits per heavy atom. The minimum atomic E-state index is -2.04. The van der Waals surface area contributed by atoms with Crippen molar-refractivity contribution in [3.8, 4) is 0 Å². The van der Waals surface area contributed by atoms with Gasteiger partial charge >= 0.3 is 8.56 Å². The molecule has 1 unspecified atom stereocenters. The van der Waals surface area contributed by atoms with Crippen LogP contribution in [0.15, 0.2) is 23.8 Å². The number of hydrogen-bond acceptors (Lipinski definition) is 2. The first-order valence-electron chi connectivity index (χ1n) is 8.12. The Balaban J connectivity index is 2.52.